The fraction of sp³-hybridized carbons (Fsp3) is 0. The van der Waals surface area contributed by atoms with Gasteiger partial charge in [0.2, 0.25) is 0 Å². The zero-order valence-electron chi connectivity index (χ0n) is 22.1. The van der Waals surface area contributed by atoms with E-state index >= 15 is 0 Å². The van der Waals surface area contributed by atoms with Gasteiger partial charge in [0.1, 0.15) is 11.2 Å². The number of fused-ring (bicyclic) bond motifs is 10. The third-order valence-electron chi connectivity index (χ3n) is 8.42. The summed E-state index contributed by atoms with van der Waals surface area (Å²) in [7, 11) is 0. The van der Waals surface area contributed by atoms with Crippen molar-refractivity contribution in [1.29, 1.82) is 0 Å². The summed E-state index contributed by atoms with van der Waals surface area (Å²) in [5.74, 6) is 0. The van der Waals surface area contributed by atoms with E-state index in [2.05, 4.69) is 133 Å². The summed E-state index contributed by atoms with van der Waals surface area (Å²) in [5.41, 5.74) is 7.25. The van der Waals surface area contributed by atoms with Crippen LogP contribution in [-0.2, 0) is 0 Å². The lowest BCUT2D eigenvalue weighted by molar-refractivity contribution is 0.669. The zero-order valence-corrected chi connectivity index (χ0v) is 22.1. The van der Waals surface area contributed by atoms with E-state index in [4.69, 9.17) is 9.40 Å². The number of benzene rings is 7. The van der Waals surface area contributed by atoms with Crippen LogP contribution in [0.15, 0.2) is 144 Å². The molecule has 2 aromatic heterocycles. The van der Waals surface area contributed by atoms with E-state index in [1.165, 1.54) is 38.1 Å². The molecule has 190 valence electrons. The molecular weight excluding hydrogens is 498 g/mol. The minimum Gasteiger partial charge on any atom is -0.456 e. The van der Waals surface area contributed by atoms with Crippen molar-refractivity contribution < 1.29 is 4.42 Å². The van der Waals surface area contributed by atoms with Crippen LogP contribution in [0, 0.1) is 0 Å². The van der Waals surface area contributed by atoms with Crippen LogP contribution in [0.4, 0.5) is 0 Å². The second kappa shape index (κ2) is 8.51. The number of pyridine rings is 1. The van der Waals surface area contributed by atoms with Gasteiger partial charge in [0.25, 0.3) is 0 Å². The van der Waals surface area contributed by atoms with Crippen molar-refractivity contribution >= 4 is 65.2 Å². The van der Waals surface area contributed by atoms with Crippen molar-refractivity contribution in [3.05, 3.63) is 140 Å². The first kappa shape index (κ1) is 22.4. The Hall–Kier alpha value is -5.47. The maximum absolute atomic E-state index is 6.45. The molecule has 0 aliphatic rings. The Bertz CT molecular complexity index is 2470. The minimum absolute atomic E-state index is 0.893. The highest BCUT2D eigenvalue weighted by molar-refractivity contribution is 6.28. The molecule has 41 heavy (non-hydrogen) atoms. The Morgan fingerprint density at radius 1 is 0.390 bits per heavy atom. The smallest absolute Gasteiger partial charge is 0.136 e. The Morgan fingerprint density at radius 3 is 1.93 bits per heavy atom. The van der Waals surface area contributed by atoms with Crippen LogP contribution in [0.25, 0.3) is 87.5 Å². The number of aromatic nitrogens is 1. The summed E-state index contributed by atoms with van der Waals surface area (Å²) in [6, 6.07) is 49.6. The van der Waals surface area contributed by atoms with E-state index in [1.54, 1.807) is 0 Å². The second-order valence-corrected chi connectivity index (χ2v) is 10.7. The SMILES string of the molecule is c1ccc(-c2nc3ccccc3c3c2ccc2oc4ccc(-c5ccc6ccc7ccccc7c6c5)cc4c23)cc1. The monoisotopic (exact) mass is 521 g/mol. The van der Waals surface area contributed by atoms with Gasteiger partial charge in [-0.15, -0.1) is 0 Å². The first-order valence-electron chi connectivity index (χ1n) is 14.0. The molecule has 0 unspecified atom stereocenters. The van der Waals surface area contributed by atoms with Gasteiger partial charge >= 0.3 is 0 Å². The normalized spacial score (nSPS) is 11.9. The number of nitrogens with zero attached hydrogens (tertiary/aromatic N) is 1. The van der Waals surface area contributed by atoms with Crippen LogP contribution in [0.2, 0.25) is 0 Å². The van der Waals surface area contributed by atoms with Gasteiger partial charge in [0.15, 0.2) is 0 Å². The van der Waals surface area contributed by atoms with Gasteiger partial charge < -0.3 is 4.42 Å². The Balaban J connectivity index is 1.36. The predicted molar refractivity (Wildman–Crippen MR) is 172 cm³/mol. The molecule has 9 aromatic rings. The maximum Gasteiger partial charge on any atom is 0.136 e. The molecule has 0 spiro atoms. The van der Waals surface area contributed by atoms with E-state index in [0.29, 0.717) is 0 Å². The molecule has 0 atom stereocenters. The third-order valence-corrected chi connectivity index (χ3v) is 8.42. The lowest BCUT2D eigenvalue weighted by Crippen LogP contribution is -1.90. The van der Waals surface area contributed by atoms with Crippen molar-refractivity contribution in [3.63, 3.8) is 0 Å². The largest absolute Gasteiger partial charge is 0.456 e. The zero-order chi connectivity index (χ0) is 26.9. The summed E-state index contributed by atoms with van der Waals surface area (Å²) in [6.45, 7) is 0. The molecule has 0 aliphatic heterocycles. The van der Waals surface area contributed by atoms with Gasteiger partial charge in [0, 0.05) is 32.5 Å². The van der Waals surface area contributed by atoms with E-state index in [1.807, 2.05) is 6.07 Å². The second-order valence-electron chi connectivity index (χ2n) is 10.7. The molecular formula is C39H23NO. The third kappa shape index (κ3) is 3.34. The van der Waals surface area contributed by atoms with Crippen LogP contribution >= 0.6 is 0 Å². The van der Waals surface area contributed by atoms with E-state index in [0.717, 1.165) is 49.5 Å². The van der Waals surface area contributed by atoms with Gasteiger partial charge in [-0.1, -0.05) is 103 Å². The van der Waals surface area contributed by atoms with Crippen LogP contribution in [0.3, 0.4) is 0 Å². The van der Waals surface area contributed by atoms with Gasteiger partial charge in [-0.25, -0.2) is 4.98 Å². The van der Waals surface area contributed by atoms with Crippen molar-refractivity contribution in [2.45, 2.75) is 0 Å². The number of hydrogen-bond acceptors (Lipinski definition) is 2. The highest BCUT2D eigenvalue weighted by Crippen LogP contribution is 2.42. The molecule has 0 amide bonds. The maximum atomic E-state index is 6.45. The molecule has 2 heteroatoms. The molecule has 0 saturated carbocycles. The molecule has 0 N–H and O–H groups in total. The van der Waals surface area contributed by atoms with Crippen LogP contribution < -0.4 is 0 Å². The van der Waals surface area contributed by atoms with Crippen LogP contribution in [-0.4, -0.2) is 4.98 Å². The standard InChI is InChI=1S/C39H23NO/c1-2-9-26(10-3-1)39-31-19-21-36-38(37(31)30-12-6-7-13-34(30)40-39)33-23-28(18-20-35(33)41-36)27-17-16-25-15-14-24-8-4-5-11-29(24)32(25)22-27/h1-23H. The van der Waals surface area contributed by atoms with Gasteiger partial charge in [-0.3, -0.25) is 0 Å². The lowest BCUT2D eigenvalue weighted by atomic mass is 9.94. The van der Waals surface area contributed by atoms with Crippen molar-refractivity contribution in [3.8, 4) is 22.4 Å². The quantitative estimate of drug-likeness (QED) is 0.211. The topological polar surface area (TPSA) is 26.0 Å². The molecule has 7 aromatic carbocycles. The summed E-state index contributed by atoms with van der Waals surface area (Å²) in [5, 5.41) is 10.8. The molecule has 2 heterocycles. The summed E-state index contributed by atoms with van der Waals surface area (Å²) in [6.07, 6.45) is 0. The highest BCUT2D eigenvalue weighted by atomic mass is 16.3. The summed E-state index contributed by atoms with van der Waals surface area (Å²) < 4.78 is 6.45. The molecule has 0 saturated heterocycles. The van der Waals surface area contributed by atoms with E-state index in [-0.39, 0.29) is 0 Å². The van der Waals surface area contributed by atoms with E-state index in [9.17, 15) is 0 Å². The molecule has 0 radical (unpaired) electrons. The molecule has 0 aliphatic carbocycles. The lowest BCUT2D eigenvalue weighted by Gasteiger charge is -2.11. The summed E-state index contributed by atoms with van der Waals surface area (Å²) in [4.78, 5) is 5.13. The number of furan rings is 1. The molecule has 0 bridgehead atoms. The predicted octanol–water partition coefficient (Wildman–Crippen LogP) is 10.9. The average Bonchev–Trinajstić information content (AvgIpc) is 3.42. The number of para-hydroxylation sites is 1. The Morgan fingerprint density at radius 2 is 1.05 bits per heavy atom. The van der Waals surface area contributed by atoms with Crippen molar-refractivity contribution in [2.24, 2.45) is 0 Å². The molecule has 9 rings (SSSR count). The molecule has 0 fully saturated rings. The van der Waals surface area contributed by atoms with Gasteiger partial charge in [-0.05, 0) is 69.1 Å². The van der Waals surface area contributed by atoms with Crippen LogP contribution in [0.1, 0.15) is 0 Å². The first-order valence-corrected chi connectivity index (χ1v) is 14.0. The fourth-order valence-electron chi connectivity index (χ4n) is 6.49. The average molecular weight is 522 g/mol. The Kier molecular flexibility index (Phi) is 4.64. The summed E-state index contributed by atoms with van der Waals surface area (Å²) >= 11 is 0. The number of hydrogen-bond donors (Lipinski definition) is 0. The fourth-order valence-corrected chi connectivity index (χ4v) is 6.49. The Labute approximate surface area is 236 Å². The molecule has 2 nitrogen and oxygen atoms in total. The van der Waals surface area contributed by atoms with Gasteiger partial charge in [0.05, 0.1) is 11.2 Å². The van der Waals surface area contributed by atoms with Crippen LogP contribution in [0.5, 0.6) is 0 Å². The van der Waals surface area contributed by atoms with Crippen molar-refractivity contribution in [1.82, 2.24) is 4.98 Å². The first-order chi connectivity index (χ1) is 20.3. The van der Waals surface area contributed by atoms with Crippen molar-refractivity contribution in [2.75, 3.05) is 0 Å². The number of rotatable bonds is 2. The minimum atomic E-state index is 0.893. The van der Waals surface area contributed by atoms with Gasteiger partial charge in [-0.2, -0.15) is 0 Å². The highest BCUT2D eigenvalue weighted by Gasteiger charge is 2.18. The van der Waals surface area contributed by atoms with E-state index < -0.39 is 0 Å².